The van der Waals surface area contributed by atoms with Gasteiger partial charge in [0, 0.05) is 43.2 Å². The molecule has 1 aliphatic heterocycles. The highest BCUT2D eigenvalue weighted by molar-refractivity contribution is 6.31. The minimum absolute atomic E-state index is 0.0278. The molecule has 0 atom stereocenters. The SMILES string of the molecule is CCCC(=O)N1CCN(c2ccc(Cl)cc2NC(=O)c2ccc(-c3ccc(F)c(Cl)c3)o2)CC1. The van der Waals surface area contributed by atoms with Crippen molar-refractivity contribution < 1.29 is 18.4 Å². The number of piperazine rings is 1. The minimum Gasteiger partial charge on any atom is -0.451 e. The third-order valence-electron chi connectivity index (χ3n) is 5.68. The summed E-state index contributed by atoms with van der Waals surface area (Å²) in [7, 11) is 0. The molecule has 1 saturated heterocycles. The van der Waals surface area contributed by atoms with E-state index in [-0.39, 0.29) is 16.7 Å². The van der Waals surface area contributed by atoms with Gasteiger partial charge in [0.1, 0.15) is 11.6 Å². The van der Waals surface area contributed by atoms with Gasteiger partial charge in [-0.05, 0) is 55.0 Å². The van der Waals surface area contributed by atoms with Gasteiger partial charge in [-0.2, -0.15) is 0 Å². The summed E-state index contributed by atoms with van der Waals surface area (Å²) >= 11 is 12.1. The highest BCUT2D eigenvalue weighted by atomic mass is 35.5. The smallest absolute Gasteiger partial charge is 0.291 e. The molecule has 34 heavy (non-hydrogen) atoms. The second kappa shape index (κ2) is 10.5. The second-order valence-electron chi connectivity index (χ2n) is 8.03. The Morgan fingerprint density at radius 3 is 2.50 bits per heavy atom. The molecule has 178 valence electrons. The second-order valence-corrected chi connectivity index (χ2v) is 8.87. The first kappa shape index (κ1) is 24.1. The van der Waals surface area contributed by atoms with Crippen molar-refractivity contribution in [3.8, 4) is 11.3 Å². The zero-order valence-corrected chi connectivity index (χ0v) is 20.1. The summed E-state index contributed by atoms with van der Waals surface area (Å²) in [5.74, 6) is -0.316. The average molecular weight is 504 g/mol. The lowest BCUT2D eigenvalue weighted by atomic mass is 10.2. The predicted octanol–water partition coefficient (Wildman–Crippen LogP) is 6.09. The molecular formula is C25H24Cl2FN3O3. The van der Waals surface area contributed by atoms with Crippen molar-refractivity contribution in [3.05, 3.63) is 70.2 Å². The number of furan rings is 1. The van der Waals surface area contributed by atoms with Crippen molar-refractivity contribution in [1.29, 1.82) is 0 Å². The van der Waals surface area contributed by atoms with Crippen LogP contribution in [-0.2, 0) is 4.79 Å². The molecule has 3 aromatic rings. The van der Waals surface area contributed by atoms with E-state index in [0.717, 1.165) is 12.1 Å². The van der Waals surface area contributed by atoms with Crippen molar-refractivity contribution >= 4 is 46.4 Å². The van der Waals surface area contributed by atoms with Crippen LogP contribution in [-0.4, -0.2) is 42.9 Å². The zero-order valence-electron chi connectivity index (χ0n) is 18.6. The van der Waals surface area contributed by atoms with Gasteiger partial charge in [0.15, 0.2) is 5.76 Å². The number of benzene rings is 2. The molecule has 1 fully saturated rings. The number of halogens is 3. The van der Waals surface area contributed by atoms with Gasteiger partial charge in [-0.15, -0.1) is 0 Å². The van der Waals surface area contributed by atoms with Gasteiger partial charge < -0.3 is 19.5 Å². The van der Waals surface area contributed by atoms with Crippen LogP contribution in [0.1, 0.15) is 30.3 Å². The normalized spacial score (nSPS) is 13.8. The van der Waals surface area contributed by atoms with Gasteiger partial charge >= 0.3 is 0 Å². The Morgan fingerprint density at radius 1 is 1.03 bits per heavy atom. The predicted molar refractivity (Wildman–Crippen MR) is 132 cm³/mol. The number of amides is 2. The van der Waals surface area contributed by atoms with E-state index in [4.69, 9.17) is 27.6 Å². The number of nitrogens with zero attached hydrogens (tertiary/aromatic N) is 2. The highest BCUT2D eigenvalue weighted by Gasteiger charge is 2.23. The monoisotopic (exact) mass is 503 g/mol. The van der Waals surface area contributed by atoms with Crippen molar-refractivity contribution in [1.82, 2.24) is 4.90 Å². The first-order chi connectivity index (χ1) is 16.4. The fourth-order valence-electron chi connectivity index (χ4n) is 3.90. The van der Waals surface area contributed by atoms with Crippen molar-refractivity contribution in [2.45, 2.75) is 19.8 Å². The minimum atomic E-state index is -0.529. The lowest BCUT2D eigenvalue weighted by Crippen LogP contribution is -2.48. The summed E-state index contributed by atoms with van der Waals surface area (Å²) in [6.45, 7) is 4.53. The van der Waals surface area contributed by atoms with Gasteiger partial charge in [-0.1, -0.05) is 30.1 Å². The van der Waals surface area contributed by atoms with E-state index in [9.17, 15) is 14.0 Å². The van der Waals surface area contributed by atoms with Crippen LogP contribution in [0.15, 0.2) is 52.9 Å². The van der Waals surface area contributed by atoms with E-state index in [2.05, 4.69) is 10.2 Å². The molecule has 1 N–H and O–H groups in total. The van der Waals surface area contributed by atoms with Crippen LogP contribution in [0.25, 0.3) is 11.3 Å². The molecule has 2 aromatic carbocycles. The Hall–Kier alpha value is -3.03. The number of carbonyl (C=O) groups is 2. The summed E-state index contributed by atoms with van der Waals surface area (Å²) < 4.78 is 19.1. The Labute approximate surface area is 207 Å². The van der Waals surface area contributed by atoms with Crippen molar-refractivity contribution in [2.75, 3.05) is 36.4 Å². The van der Waals surface area contributed by atoms with E-state index in [0.29, 0.717) is 54.6 Å². The first-order valence-corrected chi connectivity index (χ1v) is 11.8. The fourth-order valence-corrected chi connectivity index (χ4v) is 4.25. The summed E-state index contributed by atoms with van der Waals surface area (Å²) in [5, 5.41) is 3.33. The van der Waals surface area contributed by atoms with Crippen LogP contribution in [0.5, 0.6) is 0 Å². The maximum atomic E-state index is 13.4. The molecule has 1 aromatic heterocycles. The molecule has 0 aliphatic carbocycles. The van der Waals surface area contributed by atoms with Crippen molar-refractivity contribution in [3.63, 3.8) is 0 Å². The zero-order chi connectivity index (χ0) is 24.2. The Morgan fingerprint density at radius 2 is 1.79 bits per heavy atom. The van der Waals surface area contributed by atoms with E-state index >= 15 is 0 Å². The van der Waals surface area contributed by atoms with Gasteiger partial charge in [0.2, 0.25) is 5.91 Å². The Bertz CT molecular complexity index is 1210. The first-order valence-electron chi connectivity index (χ1n) is 11.0. The number of rotatable bonds is 6. The van der Waals surface area contributed by atoms with E-state index in [1.807, 2.05) is 17.9 Å². The number of anilines is 2. The molecule has 9 heteroatoms. The Balaban J connectivity index is 1.49. The van der Waals surface area contributed by atoms with Crippen LogP contribution in [0.2, 0.25) is 10.0 Å². The van der Waals surface area contributed by atoms with Gasteiger partial charge in [0.25, 0.3) is 5.91 Å². The topological polar surface area (TPSA) is 65.8 Å². The van der Waals surface area contributed by atoms with Crippen LogP contribution in [0.3, 0.4) is 0 Å². The molecule has 1 aliphatic rings. The number of carbonyl (C=O) groups excluding carboxylic acids is 2. The maximum absolute atomic E-state index is 13.4. The average Bonchev–Trinajstić information content (AvgIpc) is 3.32. The lowest BCUT2D eigenvalue weighted by Gasteiger charge is -2.37. The van der Waals surface area contributed by atoms with Crippen LogP contribution in [0.4, 0.5) is 15.8 Å². The highest BCUT2D eigenvalue weighted by Crippen LogP contribution is 2.32. The number of hydrogen-bond acceptors (Lipinski definition) is 4. The quantitative estimate of drug-likeness (QED) is 0.441. The molecule has 0 spiro atoms. The third kappa shape index (κ3) is 5.37. The summed E-state index contributed by atoms with van der Waals surface area (Å²) in [6.07, 6.45) is 1.38. The van der Waals surface area contributed by atoms with Crippen LogP contribution < -0.4 is 10.2 Å². The van der Waals surface area contributed by atoms with Crippen LogP contribution >= 0.6 is 23.2 Å². The molecule has 0 radical (unpaired) electrons. The fraction of sp³-hybridized carbons (Fsp3) is 0.280. The summed E-state index contributed by atoms with van der Waals surface area (Å²) in [4.78, 5) is 29.1. The van der Waals surface area contributed by atoms with E-state index < -0.39 is 11.7 Å². The maximum Gasteiger partial charge on any atom is 0.291 e. The van der Waals surface area contributed by atoms with E-state index in [1.54, 1.807) is 24.3 Å². The number of nitrogens with one attached hydrogen (secondary N) is 1. The summed E-state index contributed by atoms with van der Waals surface area (Å²) in [6, 6.07) is 12.7. The molecule has 4 rings (SSSR count). The molecule has 2 heterocycles. The third-order valence-corrected chi connectivity index (χ3v) is 6.20. The van der Waals surface area contributed by atoms with E-state index in [1.165, 1.54) is 18.2 Å². The van der Waals surface area contributed by atoms with Crippen LogP contribution in [0, 0.1) is 5.82 Å². The van der Waals surface area contributed by atoms with Crippen molar-refractivity contribution in [2.24, 2.45) is 0 Å². The molecule has 0 saturated carbocycles. The summed E-state index contributed by atoms with van der Waals surface area (Å²) in [5.41, 5.74) is 1.93. The number of hydrogen-bond donors (Lipinski definition) is 1. The molecule has 0 unspecified atom stereocenters. The van der Waals surface area contributed by atoms with Gasteiger partial charge in [-0.25, -0.2) is 4.39 Å². The van der Waals surface area contributed by atoms with Gasteiger partial charge in [-0.3, -0.25) is 9.59 Å². The van der Waals surface area contributed by atoms with Gasteiger partial charge in [0.05, 0.1) is 16.4 Å². The Kier molecular flexibility index (Phi) is 7.44. The molecule has 6 nitrogen and oxygen atoms in total. The largest absolute Gasteiger partial charge is 0.451 e. The molecule has 0 bridgehead atoms. The lowest BCUT2D eigenvalue weighted by molar-refractivity contribution is -0.131. The molecule has 2 amide bonds. The standard InChI is InChI=1S/C25H24Cl2FN3O3/c1-2-3-24(32)31-12-10-30(11-13-31)21-7-5-17(26)15-20(21)29-25(33)23-9-8-22(34-23)16-4-6-19(28)18(27)14-16/h4-9,14-15H,2-3,10-13H2,1H3,(H,29,33). The molecular weight excluding hydrogens is 480 g/mol.